The first-order chi connectivity index (χ1) is 3.88. The largest absolute Gasteiger partial charge is 0.314 e. The third kappa shape index (κ3) is 1.19. The lowest BCUT2D eigenvalue weighted by atomic mass is 10.1. The molecule has 1 heterocycles. The van der Waals surface area contributed by atoms with Gasteiger partial charge in [0.25, 0.3) is 0 Å². The second-order valence-electron chi connectivity index (χ2n) is 2.83. The standard InChI is InChI=1S/C6H10FN.ClH/c7-6-3-8-2-4-1-5(4)6;/h4-6,8H,1-3H2;1H/t4-,5-,6+;/m0./s1. The van der Waals surface area contributed by atoms with Crippen molar-refractivity contribution >= 4 is 12.4 Å². The smallest absolute Gasteiger partial charge is 0.116 e. The quantitative estimate of drug-likeness (QED) is 0.545. The van der Waals surface area contributed by atoms with Gasteiger partial charge in [-0.2, -0.15) is 0 Å². The number of halogens is 2. The van der Waals surface area contributed by atoms with Crippen LogP contribution in [0.15, 0.2) is 0 Å². The minimum absolute atomic E-state index is 0. The molecule has 1 saturated carbocycles. The second-order valence-corrected chi connectivity index (χ2v) is 2.83. The Bertz CT molecular complexity index is 109. The molecule has 0 aromatic carbocycles. The summed E-state index contributed by atoms with van der Waals surface area (Å²) in [5.74, 6) is 1.13. The van der Waals surface area contributed by atoms with Crippen molar-refractivity contribution < 1.29 is 4.39 Å². The van der Waals surface area contributed by atoms with Crippen molar-refractivity contribution in [2.45, 2.75) is 12.6 Å². The Morgan fingerprint density at radius 1 is 1.33 bits per heavy atom. The van der Waals surface area contributed by atoms with E-state index in [0.717, 1.165) is 13.0 Å². The van der Waals surface area contributed by atoms with Crippen LogP contribution in [0, 0.1) is 11.8 Å². The highest BCUT2D eigenvalue weighted by molar-refractivity contribution is 5.85. The summed E-state index contributed by atoms with van der Waals surface area (Å²) in [4.78, 5) is 0. The van der Waals surface area contributed by atoms with Gasteiger partial charge in [0.05, 0.1) is 0 Å². The minimum atomic E-state index is -0.534. The first-order valence-electron chi connectivity index (χ1n) is 3.22. The Hall–Kier alpha value is 0.180. The predicted molar refractivity (Wildman–Crippen MR) is 36.6 cm³/mol. The molecule has 0 aromatic heterocycles. The van der Waals surface area contributed by atoms with E-state index < -0.39 is 6.17 Å². The molecule has 1 aliphatic carbocycles. The maximum Gasteiger partial charge on any atom is 0.116 e. The van der Waals surface area contributed by atoms with Crippen LogP contribution in [-0.2, 0) is 0 Å². The molecule has 9 heavy (non-hydrogen) atoms. The molecule has 1 saturated heterocycles. The first-order valence-corrected chi connectivity index (χ1v) is 3.22. The van der Waals surface area contributed by atoms with Crippen LogP contribution in [0.1, 0.15) is 6.42 Å². The van der Waals surface area contributed by atoms with Gasteiger partial charge in [0.15, 0.2) is 0 Å². The lowest BCUT2D eigenvalue weighted by Crippen LogP contribution is -2.33. The molecule has 1 nitrogen and oxygen atoms in total. The summed E-state index contributed by atoms with van der Waals surface area (Å²) in [5, 5.41) is 3.05. The van der Waals surface area contributed by atoms with E-state index in [1.54, 1.807) is 0 Å². The molecule has 1 aliphatic heterocycles. The molecule has 2 rings (SSSR count). The van der Waals surface area contributed by atoms with E-state index in [2.05, 4.69) is 5.32 Å². The monoisotopic (exact) mass is 151 g/mol. The molecule has 0 amide bonds. The van der Waals surface area contributed by atoms with Crippen LogP contribution >= 0.6 is 12.4 Å². The van der Waals surface area contributed by atoms with Crippen molar-refractivity contribution in [2.24, 2.45) is 11.8 Å². The summed E-state index contributed by atoms with van der Waals surface area (Å²) in [6, 6.07) is 0. The highest BCUT2D eigenvalue weighted by atomic mass is 35.5. The molecule has 0 radical (unpaired) electrons. The predicted octanol–water partition coefficient (Wildman–Crippen LogP) is 0.986. The average molecular weight is 152 g/mol. The number of alkyl halides is 1. The van der Waals surface area contributed by atoms with Gasteiger partial charge in [-0.15, -0.1) is 12.4 Å². The Balaban J connectivity index is 0.000000405. The van der Waals surface area contributed by atoms with Crippen LogP contribution in [0.5, 0.6) is 0 Å². The van der Waals surface area contributed by atoms with Crippen molar-refractivity contribution in [2.75, 3.05) is 13.1 Å². The van der Waals surface area contributed by atoms with E-state index in [9.17, 15) is 4.39 Å². The molecule has 0 bridgehead atoms. The summed E-state index contributed by atoms with van der Waals surface area (Å²) in [5.41, 5.74) is 0. The SMILES string of the molecule is Cl.F[C@@H]1CNC[C@@H]2C[C@@H]21. The fourth-order valence-electron chi connectivity index (χ4n) is 1.51. The van der Waals surface area contributed by atoms with Crippen LogP contribution in [0.25, 0.3) is 0 Å². The maximum atomic E-state index is 12.6. The Morgan fingerprint density at radius 3 is 2.67 bits per heavy atom. The molecule has 0 spiro atoms. The summed E-state index contributed by atoms with van der Waals surface area (Å²) >= 11 is 0. The molecule has 2 aliphatic rings. The van der Waals surface area contributed by atoms with Crippen molar-refractivity contribution in [3.63, 3.8) is 0 Å². The zero-order valence-electron chi connectivity index (χ0n) is 5.14. The minimum Gasteiger partial charge on any atom is -0.314 e. The first kappa shape index (κ1) is 7.29. The van der Waals surface area contributed by atoms with Gasteiger partial charge in [0.1, 0.15) is 6.17 Å². The van der Waals surface area contributed by atoms with Crippen LogP contribution in [-0.4, -0.2) is 19.3 Å². The number of nitrogens with one attached hydrogen (secondary N) is 1. The van der Waals surface area contributed by atoms with Gasteiger partial charge in [-0.3, -0.25) is 0 Å². The van der Waals surface area contributed by atoms with E-state index in [0.29, 0.717) is 18.4 Å². The average Bonchev–Trinajstić information content (AvgIpc) is 2.45. The maximum absolute atomic E-state index is 12.6. The molecule has 1 N–H and O–H groups in total. The Labute approximate surface area is 60.4 Å². The van der Waals surface area contributed by atoms with Crippen molar-refractivity contribution in [3.05, 3.63) is 0 Å². The molecule has 54 valence electrons. The van der Waals surface area contributed by atoms with Gasteiger partial charge < -0.3 is 5.32 Å². The van der Waals surface area contributed by atoms with Gasteiger partial charge in [-0.05, 0) is 24.8 Å². The van der Waals surface area contributed by atoms with Gasteiger partial charge in [0.2, 0.25) is 0 Å². The van der Waals surface area contributed by atoms with Gasteiger partial charge >= 0.3 is 0 Å². The van der Waals surface area contributed by atoms with Crippen molar-refractivity contribution in [1.29, 1.82) is 0 Å². The van der Waals surface area contributed by atoms with Gasteiger partial charge in [-0.1, -0.05) is 0 Å². The van der Waals surface area contributed by atoms with E-state index in [1.165, 1.54) is 0 Å². The fourth-order valence-corrected chi connectivity index (χ4v) is 1.51. The molecule has 2 fully saturated rings. The van der Waals surface area contributed by atoms with Crippen molar-refractivity contribution in [1.82, 2.24) is 5.32 Å². The summed E-state index contributed by atoms with van der Waals surface area (Å²) < 4.78 is 12.6. The number of fused-ring (bicyclic) bond motifs is 1. The Kier molecular flexibility index (Phi) is 1.97. The molecule has 3 atom stereocenters. The number of rotatable bonds is 0. The van der Waals surface area contributed by atoms with Crippen LogP contribution in [0.2, 0.25) is 0 Å². The normalized spacial score (nSPS) is 47.0. The number of hydrogen-bond donors (Lipinski definition) is 1. The molecule has 3 heteroatoms. The van der Waals surface area contributed by atoms with E-state index in [-0.39, 0.29) is 12.4 Å². The topological polar surface area (TPSA) is 12.0 Å². The fraction of sp³-hybridized carbons (Fsp3) is 1.00. The lowest BCUT2D eigenvalue weighted by molar-refractivity contribution is 0.248. The number of piperidine rings is 1. The summed E-state index contributed by atoms with van der Waals surface area (Å²) in [6.45, 7) is 1.66. The summed E-state index contributed by atoms with van der Waals surface area (Å²) in [6.07, 6.45) is 0.600. The highest BCUT2D eigenvalue weighted by Gasteiger charge is 2.45. The summed E-state index contributed by atoms with van der Waals surface area (Å²) in [7, 11) is 0. The van der Waals surface area contributed by atoms with E-state index in [4.69, 9.17) is 0 Å². The molecular formula is C6H11ClFN. The third-order valence-corrected chi connectivity index (χ3v) is 2.19. The third-order valence-electron chi connectivity index (χ3n) is 2.19. The number of hydrogen-bond acceptors (Lipinski definition) is 1. The zero-order chi connectivity index (χ0) is 5.56. The zero-order valence-corrected chi connectivity index (χ0v) is 5.96. The van der Waals surface area contributed by atoms with Crippen LogP contribution < -0.4 is 5.32 Å². The van der Waals surface area contributed by atoms with Crippen LogP contribution in [0.4, 0.5) is 4.39 Å². The lowest BCUT2D eigenvalue weighted by Gasteiger charge is -2.13. The van der Waals surface area contributed by atoms with Gasteiger partial charge in [-0.25, -0.2) is 4.39 Å². The van der Waals surface area contributed by atoms with E-state index >= 15 is 0 Å². The molecular weight excluding hydrogens is 141 g/mol. The van der Waals surface area contributed by atoms with Crippen molar-refractivity contribution in [3.8, 4) is 0 Å². The highest BCUT2D eigenvalue weighted by Crippen LogP contribution is 2.43. The molecule has 0 aromatic rings. The van der Waals surface area contributed by atoms with E-state index in [1.807, 2.05) is 0 Å². The molecule has 0 unspecified atom stereocenters. The van der Waals surface area contributed by atoms with Crippen LogP contribution in [0.3, 0.4) is 0 Å². The Morgan fingerprint density at radius 2 is 2.11 bits per heavy atom. The second kappa shape index (κ2) is 2.43. The van der Waals surface area contributed by atoms with Gasteiger partial charge in [0, 0.05) is 6.54 Å².